The third-order valence-corrected chi connectivity index (χ3v) is 1.31. The third-order valence-electron chi connectivity index (χ3n) is 1.31. The van der Waals surface area contributed by atoms with Gasteiger partial charge in [-0.05, 0) is 13.0 Å². The number of hydrogen-bond acceptors (Lipinski definition) is 2. The molecule has 0 spiro atoms. The van der Waals surface area contributed by atoms with E-state index >= 15 is 0 Å². The average Bonchev–Trinajstić information content (AvgIpc) is 2.27. The van der Waals surface area contributed by atoms with E-state index in [9.17, 15) is 0 Å². The highest BCUT2D eigenvalue weighted by Gasteiger charge is 1.92. The van der Waals surface area contributed by atoms with Gasteiger partial charge >= 0.3 is 0 Å². The Morgan fingerprint density at radius 2 is 2.40 bits per heavy atom. The Morgan fingerprint density at radius 1 is 1.50 bits per heavy atom. The summed E-state index contributed by atoms with van der Waals surface area (Å²) in [7, 11) is 0. The largest absolute Gasteiger partial charge is 0.290 e. The molecule has 0 fully saturated rings. The van der Waals surface area contributed by atoms with Crippen LogP contribution in [-0.4, -0.2) is 14.4 Å². The predicted octanol–water partition coefficient (Wildman–Crippen LogP) is 0.911. The van der Waals surface area contributed by atoms with Crippen LogP contribution in [0.25, 0.3) is 5.65 Å². The number of aromatic nitrogens is 3. The molecule has 2 rings (SSSR count). The summed E-state index contributed by atoms with van der Waals surface area (Å²) in [4.78, 5) is 8.05. The number of fused-ring (bicyclic) bond motifs is 1. The molecular formula is C7H6N3. The van der Waals surface area contributed by atoms with Crippen LogP contribution in [0.2, 0.25) is 0 Å². The first kappa shape index (κ1) is 5.41. The van der Waals surface area contributed by atoms with Gasteiger partial charge in [0.1, 0.15) is 12.0 Å². The molecule has 0 unspecified atom stereocenters. The van der Waals surface area contributed by atoms with Crippen LogP contribution in [0.3, 0.4) is 0 Å². The lowest BCUT2D eigenvalue weighted by Crippen LogP contribution is -1.81. The molecule has 2 aromatic heterocycles. The Kier molecular flexibility index (Phi) is 0.974. The van der Waals surface area contributed by atoms with E-state index in [-0.39, 0.29) is 0 Å². The molecule has 0 aromatic carbocycles. The monoisotopic (exact) mass is 132 g/mol. The molecule has 0 saturated heterocycles. The fraction of sp³-hybridized carbons (Fsp3) is 0. The second-order valence-electron chi connectivity index (χ2n) is 2.08. The van der Waals surface area contributed by atoms with Crippen molar-refractivity contribution in [1.82, 2.24) is 14.4 Å². The van der Waals surface area contributed by atoms with E-state index in [0.29, 0.717) is 0 Å². The quantitative estimate of drug-likeness (QED) is 0.533. The summed E-state index contributed by atoms with van der Waals surface area (Å²) in [5, 5.41) is 0. The summed E-state index contributed by atoms with van der Waals surface area (Å²) in [5.41, 5.74) is 1.66. The maximum absolute atomic E-state index is 4.12. The number of hydrogen-bond donors (Lipinski definition) is 0. The van der Waals surface area contributed by atoms with Crippen molar-refractivity contribution in [3.8, 4) is 0 Å². The van der Waals surface area contributed by atoms with E-state index < -0.39 is 0 Å². The lowest BCUT2D eigenvalue weighted by Gasteiger charge is -1.85. The zero-order chi connectivity index (χ0) is 6.97. The van der Waals surface area contributed by atoms with E-state index in [0.717, 1.165) is 11.3 Å². The normalized spacial score (nSPS) is 10.5. The van der Waals surface area contributed by atoms with E-state index in [1.165, 1.54) is 0 Å². The van der Waals surface area contributed by atoms with Crippen molar-refractivity contribution in [2.24, 2.45) is 0 Å². The maximum atomic E-state index is 4.12. The van der Waals surface area contributed by atoms with Crippen molar-refractivity contribution in [2.45, 2.75) is 0 Å². The van der Waals surface area contributed by atoms with Crippen LogP contribution < -0.4 is 0 Å². The molecule has 0 aliphatic heterocycles. The van der Waals surface area contributed by atoms with E-state index in [1.807, 2.05) is 16.7 Å². The van der Waals surface area contributed by atoms with Crippen LogP contribution in [-0.2, 0) is 0 Å². The lowest BCUT2D eigenvalue weighted by molar-refractivity contribution is 1.09. The molecule has 0 saturated carbocycles. The van der Waals surface area contributed by atoms with Crippen LogP contribution in [0, 0.1) is 6.92 Å². The minimum Gasteiger partial charge on any atom is -0.290 e. The van der Waals surface area contributed by atoms with Crippen molar-refractivity contribution in [1.29, 1.82) is 0 Å². The summed E-state index contributed by atoms with van der Waals surface area (Å²) in [5.74, 6) is 0. The fourth-order valence-corrected chi connectivity index (χ4v) is 0.896. The summed E-state index contributed by atoms with van der Waals surface area (Å²) in [6.45, 7) is 3.70. The second kappa shape index (κ2) is 1.80. The molecule has 2 aromatic rings. The molecule has 0 aliphatic rings. The van der Waals surface area contributed by atoms with Crippen LogP contribution in [0.15, 0.2) is 24.8 Å². The summed E-state index contributed by atoms with van der Waals surface area (Å²) in [6.07, 6.45) is 5.25. The van der Waals surface area contributed by atoms with Crippen molar-refractivity contribution < 1.29 is 0 Å². The van der Waals surface area contributed by atoms with Crippen LogP contribution in [0.1, 0.15) is 5.69 Å². The lowest BCUT2D eigenvalue weighted by atomic mass is 10.6. The van der Waals surface area contributed by atoms with Crippen molar-refractivity contribution in [2.75, 3.05) is 0 Å². The smallest absolute Gasteiger partial charge is 0.139 e. The SMILES string of the molecule is [CH2]c1cn2cnccc2n1. The molecular weight excluding hydrogens is 126 g/mol. The highest BCUT2D eigenvalue weighted by atomic mass is 15.0. The fourth-order valence-electron chi connectivity index (χ4n) is 0.896. The maximum Gasteiger partial charge on any atom is 0.139 e. The average molecular weight is 132 g/mol. The Bertz CT molecular complexity index is 317. The predicted molar refractivity (Wildman–Crippen MR) is 37.4 cm³/mol. The molecule has 49 valence electrons. The Labute approximate surface area is 58.4 Å². The first-order valence-corrected chi connectivity index (χ1v) is 2.97. The zero-order valence-corrected chi connectivity index (χ0v) is 5.36. The van der Waals surface area contributed by atoms with E-state index in [1.54, 1.807) is 12.5 Å². The highest BCUT2D eigenvalue weighted by Crippen LogP contribution is 2.00. The van der Waals surface area contributed by atoms with Gasteiger partial charge in [0, 0.05) is 12.4 Å². The van der Waals surface area contributed by atoms with Gasteiger partial charge in [0.15, 0.2) is 0 Å². The van der Waals surface area contributed by atoms with Gasteiger partial charge in [0.05, 0.1) is 5.69 Å². The Hall–Kier alpha value is -1.38. The molecule has 0 aliphatic carbocycles. The van der Waals surface area contributed by atoms with Crippen LogP contribution in [0.5, 0.6) is 0 Å². The Balaban J connectivity index is 2.88. The molecule has 0 bridgehead atoms. The minimum absolute atomic E-state index is 0.771. The number of imidazole rings is 1. The van der Waals surface area contributed by atoms with Gasteiger partial charge in [-0.1, -0.05) is 0 Å². The van der Waals surface area contributed by atoms with Crippen LogP contribution >= 0.6 is 0 Å². The highest BCUT2D eigenvalue weighted by molar-refractivity contribution is 5.38. The van der Waals surface area contributed by atoms with E-state index in [4.69, 9.17) is 0 Å². The van der Waals surface area contributed by atoms with Gasteiger partial charge in [-0.3, -0.25) is 4.40 Å². The summed E-state index contributed by atoms with van der Waals surface area (Å²) in [6, 6.07) is 1.84. The molecule has 10 heavy (non-hydrogen) atoms. The molecule has 0 amide bonds. The third kappa shape index (κ3) is 0.673. The van der Waals surface area contributed by atoms with Gasteiger partial charge in [-0.15, -0.1) is 0 Å². The minimum atomic E-state index is 0.771. The summed E-state index contributed by atoms with van der Waals surface area (Å²) >= 11 is 0. The molecule has 0 N–H and O–H groups in total. The molecule has 3 nitrogen and oxygen atoms in total. The number of nitrogens with zero attached hydrogens (tertiary/aromatic N) is 3. The second-order valence-corrected chi connectivity index (χ2v) is 2.08. The molecule has 0 atom stereocenters. The Morgan fingerprint density at radius 3 is 3.20 bits per heavy atom. The van der Waals surface area contributed by atoms with Gasteiger partial charge in [0.2, 0.25) is 0 Å². The van der Waals surface area contributed by atoms with Crippen molar-refractivity contribution >= 4 is 5.65 Å². The standard InChI is InChI=1S/C7H6N3/c1-6-4-10-5-8-3-2-7(10)9-6/h2-5H,1H2. The van der Waals surface area contributed by atoms with Gasteiger partial charge in [-0.25, -0.2) is 9.97 Å². The molecule has 1 radical (unpaired) electrons. The van der Waals surface area contributed by atoms with Crippen LogP contribution in [0.4, 0.5) is 0 Å². The van der Waals surface area contributed by atoms with Gasteiger partial charge in [0.25, 0.3) is 0 Å². The first-order valence-electron chi connectivity index (χ1n) is 2.97. The zero-order valence-electron chi connectivity index (χ0n) is 5.36. The van der Waals surface area contributed by atoms with Crippen molar-refractivity contribution in [3.63, 3.8) is 0 Å². The van der Waals surface area contributed by atoms with E-state index in [2.05, 4.69) is 16.9 Å². The van der Waals surface area contributed by atoms with Gasteiger partial charge in [-0.2, -0.15) is 0 Å². The first-order chi connectivity index (χ1) is 4.86. The van der Waals surface area contributed by atoms with Gasteiger partial charge < -0.3 is 0 Å². The summed E-state index contributed by atoms with van der Waals surface area (Å²) < 4.78 is 1.84. The molecule has 2 heterocycles. The molecule has 3 heteroatoms. The van der Waals surface area contributed by atoms with Crippen molar-refractivity contribution in [3.05, 3.63) is 37.4 Å². The number of rotatable bonds is 0. The topological polar surface area (TPSA) is 30.2 Å².